The first-order chi connectivity index (χ1) is 12.5. The zero-order chi connectivity index (χ0) is 18.7. The van der Waals surface area contributed by atoms with Crippen LogP contribution in [0.25, 0.3) is 0 Å². The van der Waals surface area contributed by atoms with Gasteiger partial charge in [0.15, 0.2) is 0 Å². The molecule has 26 heavy (non-hydrogen) atoms. The Labute approximate surface area is 152 Å². The Morgan fingerprint density at radius 1 is 1.23 bits per heavy atom. The molecule has 2 aromatic heterocycles. The molecular formula is C18H21N7O. The highest BCUT2D eigenvalue weighted by Crippen LogP contribution is 2.19. The Morgan fingerprint density at radius 2 is 1.96 bits per heavy atom. The first-order valence-corrected chi connectivity index (χ1v) is 8.42. The average molecular weight is 351 g/mol. The lowest BCUT2D eigenvalue weighted by molar-refractivity contribution is 0.0746. The first kappa shape index (κ1) is 17.6. The van der Waals surface area contributed by atoms with Crippen molar-refractivity contribution in [1.29, 1.82) is 5.26 Å². The fraction of sp³-hybridized carbons (Fsp3) is 0.389. The lowest BCUT2D eigenvalue weighted by atomic mass is 10.2. The van der Waals surface area contributed by atoms with Gasteiger partial charge in [-0.2, -0.15) is 5.26 Å². The molecule has 0 aliphatic carbocycles. The smallest absolute Gasteiger partial charge is 0.257 e. The van der Waals surface area contributed by atoms with E-state index in [1.807, 2.05) is 35.7 Å². The number of pyridine rings is 1. The molecule has 1 saturated heterocycles. The summed E-state index contributed by atoms with van der Waals surface area (Å²) in [6.07, 6.45) is 1.69. The second-order valence-electron chi connectivity index (χ2n) is 6.35. The van der Waals surface area contributed by atoms with Gasteiger partial charge in [0.1, 0.15) is 17.6 Å². The predicted molar refractivity (Wildman–Crippen MR) is 98.2 cm³/mol. The monoisotopic (exact) mass is 351 g/mol. The van der Waals surface area contributed by atoms with Crippen LogP contribution in [0.1, 0.15) is 21.7 Å². The number of amides is 1. The summed E-state index contributed by atoms with van der Waals surface area (Å²) in [5.41, 5.74) is 1.72. The van der Waals surface area contributed by atoms with Gasteiger partial charge >= 0.3 is 0 Å². The van der Waals surface area contributed by atoms with E-state index in [1.165, 1.54) is 0 Å². The van der Waals surface area contributed by atoms with Crippen LogP contribution in [0.5, 0.6) is 0 Å². The van der Waals surface area contributed by atoms with Gasteiger partial charge in [0.25, 0.3) is 5.91 Å². The SMILES string of the molecule is Cc1cc(C#N)nc(N2CCN(C(=O)c3cccnc3N(C)C)CC2)n1. The van der Waals surface area contributed by atoms with Gasteiger partial charge in [0, 0.05) is 52.2 Å². The van der Waals surface area contributed by atoms with E-state index in [2.05, 4.69) is 21.0 Å². The Kier molecular flexibility index (Phi) is 4.98. The van der Waals surface area contributed by atoms with Crippen LogP contribution >= 0.6 is 0 Å². The summed E-state index contributed by atoms with van der Waals surface area (Å²) in [6.45, 7) is 4.23. The maximum atomic E-state index is 12.9. The minimum atomic E-state index is -0.0238. The number of hydrogen-bond acceptors (Lipinski definition) is 7. The first-order valence-electron chi connectivity index (χ1n) is 8.42. The molecule has 3 rings (SSSR count). The molecule has 0 atom stereocenters. The standard InChI is InChI=1S/C18H21N7O/c1-13-11-14(12-19)22-18(21-13)25-9-7-24(8-10-25)17(26)15-5-4-6-20-16(15)23(2)3/h4-6,11H,7-10H2,1-3H3. The topological polar surface area (TPSA) is 89.2 Å². The van der Waals surface area contributed by atoms with Gasteiger partial charge in [0.05, 0.1) is 5.56 Å². The number of nitriles is 1. The molecule has 0 aromatic carbocycles. The second kappa shape index (κ2) is 7.35. The van der Waals surface area contributed by atoms with E-state index >= 15 is 0 Å². The van der Waals surface area contributed by atoms with E-state index in [4.69, 9.17) is 5.26 Å². The van der Waals surface area contributed by atoms with Gasteiger partial charge in [-0.3, -0.25) is 4.79 Å². The summed E-state index contributed by atoms with van der Waals surface area (Å²) in [6, 6.07) is 7.30. The average Bonchev–Trinajstić information content (AvgIpc) is 2.67. The van der Waals surface area contributed by atoms with Crippen LogP contribution in [0.2, 0.25) is 0 Å². The van der Waals surface area contributed by atoms with E-state index in [0.29, 0.717) is 49.2 Å². The molecule has 8 nitrogen and oxygen atoms in total. The number of hydrogen-bond donors (Lipinski definition) is 0. The molecule has 0 radical (unpaired) electrons. The number of rotatable bonds is 3. The molecule has 0 spiro atoms. The van der Waals surface area contributed by atoms with Gasteiger partial charge in [-0.1, -0.05) is 0 Å². The summed E-state index contributed by atoms with van der Waals surface area (Å²) >= 11 is 0. The molecule has 1 aliphatic rings. The number of nitrogens with zero attached hydrogens (tertiary/aromatic N) is 7. The van der Waals surface area contributed by atoms with Crippen LogP contribution in [-0.4, -0.2) is 66.0 Å². The zero-order valence-electron chi connectivity index (χ0n) is 15.2. The molecule has 134 valence electrons. The summed E-state index contributed by atoms with van der Waals surface area (Å²) in [7, 11) is 3.75. The lowest BCUT2D eigenvalue weighted by Crippen LogP contribution is -2.49. The van der Waals surface area contributed by atoms with Crippen LogP contribution in [0.4, 0.5) is 11.8 Å². The van der Waals surface area contributed by atoms with Crippen LogP contribution in [0.3, 0.4) is 0 Å². The normalized spacial score (nSPS) is 14.1. The van der Waals surface area contributed by atoms with E-state index < -0.39 is 0 Å². The van der Waals surface area contributed by atoms with Crippen molar-refractivity contribution in [3.05, 3.63) is 41.3 Å². The van der Waals surface area contributed by atoms with E-state index in [-0.39, 0.29) is 5.91 Å². The van der Waals surface area contributed by atoms with E-state index in [1.54, 1.807) is 24.4 Å². The van der Waals surface area contributed by atoms with E-state index in [0.717, 1.165) is 5.69 Å². The third-order valence-corrected chi connectivity index (χ3v) is 4.25. The van der Waals surface area contributed by atoms with Gasteiger partial charge in [-0.25, -0.2) is 15.0 Å². The van der Waals surface area contributed by atoms with Crippen molar-refractivity contribution in [2.75, 3.05) is 50.1 Å². The second-order valence-corrected chi connectivity index (χ2v) is 6.35. The molecule has 1 amide bonds. The Hall–Kier alpha value is -3.21. The van der Waals surface area contributed by atoms with Crippen molar-refractivity contribution < 1.29 is 4.79 Å². The van der Waals surface area contributed by atoms with Crippen molar-refractivity contribution in [3.63, 3.8) is 0 Å². The highest BCUT2D eigenvalue weighted by Gasteiger charge is 2.26. The van der Waals surface area contributed by atoms with Crippen LogP contribution in [0.15, 0.2) is 24.4 Å². The highest BCUT2D eigenvalue weighted by atomic mass is 16.2. The molecule has 2 aromatic rings. The highest BCUT2D eigenvalue weighted by molar-refractivity contribution is 5.99. The minimum Gasteiger partial charge on any atom is -0.362 e. The number of aromatic nitrogens is 3. The van der Waals surface area contributed by atoms with Gasteiger partial charge < -0.3 is 14.7 Å². The van der Waals surface area contributed by atoms with Crippen LogP contribution in [0, 0.1) is 18.3 Å². The summed E-state index contributed by atoms with van der Waals surface area (Å²) in [5.74, 6) is 1.19. The van der Waals surface area contributed by atoms with Crippen molar-refractivity contribution >= 4 is 17.7 Å². The molecule has 0 bridgehead atoms. The number of piperazine rings is 1. The molecule has 3 heterocycles. The maximum Gasteiger partial charge on any atom is 0.257 e. The number of anilines is 2. The quantitative estimate of drug-likeness (QED) is 0.817. The molecule has 1 fully saturated rings. The maximum absolute atomic E-state index is 12.9. The van der Waals surface area contributed by atoms with Gasteiger partial charge in [0.2, 0.25) is 5.95 Å². The lowest BCUT2D eigenvalue weighted by Gasteiger charge is -2.35. The number of aryl methyl sites for hydroxylation is 1. The third-order valence-electron chi connectivity index (χ3n) is 4.25. The van der Waals surface area contributed by atoms with Crippen molar-refractivity contribution in [2.24, 2.45) is 0 Å². The predicted octanol–water partition coefficient (Wildman–Crippen LogP) is 1.08. The number of carbonyl (C=O) groups excluding carboxylic acids is 1. The van der Waals surface area contributed by atoms with Crippen LogP contribution in [-0.2, 0) is 0 Å². The van der Waals surface area contributed by atoms with Gasteiger partial charge in [-0.15, -0.1) is 0 Å². The Balaban J connectivity index is 1.72. The minimum absolute atomic E-state index is 0.0238. The van der Waals surface area contributed by atoms with Gasteiger partial charge in [-0.05, 0) is 25.1 Å². The van der Waals surface area contributed by atoms with Crippen molar-refractivity contribution in [3.8, 4) is 6.07 Å². The molecule has 8 heteroatoms. The third kappa shape index (κ3) is 3.57. The van der Waals surface area contributed by atoms with Crippen molar-refractivity contribution in [1.82, 2.24) is 19.9 Å². The Bertz CT molecular complexity index is 851. The fourth-order valence-electron chi connectivity index (χ4n) is 2.95. The summed E-state index contributed by atoms with van der Waals surface area (Å²) in [5, 5.41) is 9.07. The molecule has 0 saturated carbocycles. The summed E-state index contributed by atoms with van der Waals surface area (Å²) in [4.78, 5) is 31.6. The molecule has 1 aliphatic heterocycles. The molecular weight excluding hydrogens is 330 g/mol. The molecule has 0 N–H and O–H groups in total. The van der Waals surface area contributed by atoms with Crippen LogP contribution < -0.4 is 9.80 Å². The Morgan fingerprint density at radius 3 is 2.62 bits per heavy atom. The molecule has 0 unspecified atom stereocenters. The van der Waals surface area contributed by atoms with E-state index in [9.17, 15) is 4.79 Å². The van der Waals surface area contributed by atoms with Crippen molar-refractivity contribution in [2.45, 2.75) is 6.92 Å². The summed E-state index contributed by atoms with van der Waals surface area (Å²) < 4.78 is 0. The fourth-order valence-corrected chi connectivity index (χ4v) is 2.95. The largest absolute Gasteiger partial charge is 0.362 e. The number of carbonyl (C=O) groups is 1. The zero-order valence-corrected chi connectivity index (χ0v) is 15.2.